The van der Waals surface area contributed by atoms with Crippen LogP contribution in [0.1, 0.15) is 11.4 Å². The van der Waals surface area contributed by atoms with Crippen molar-refractivity contribution in [3.05, 3.63) is 48.0 Å². The first-order valence-corrected chi connectivity index (χ1v) is 4.67. The van der Waals surface area contributed by atoms with E-state index in [0.717, 1.165) is 6.07 Å². The van der Waals surface area contributed by atoms with Gasteiger partial charge in [-0.2, -0.15) is 8.78 Å². The number of phenolic OH excluding ortho intramolecular Hbond substituents is 1. The number of hydrogen-bond donors (Lipinski definition) is 1. The van der Waals surface area contributed by atoms with E-state index >= 15 is 0 Å². The highest BCUT2D eigenvalue weighted by atomic mass is 19.3. The fourth-order valence-electron chi connectivity index (χ4n) is 1.50. The van der Waals surface area contributed by atoms with Crippen LogP contribution in [0.5, 0.6) is 5.75 Å². The van der Waals surface area contributed by atoms with Gasteiger partial charge in [-0.05, 0) is 12.1 Å². The Hall–Kier alpha value is -1.91. The van der Waals surface area contributed by atoms with E-state index < -0.39 is 5.92 Å². The highest BCUT2D eigenvalue weighted by molar-refractivity contribution is 5.33. The van der Waals surface area contributed by atoms with Crippen molar-refractivity contribution >= 4 is 0 Å². The van der Waals surface area contributed by atoms with Gasteiger partial charge >= 0.3 is 5.92 Å². The molecule has 3 nitrogen and oxygen atoms in total. The topological polar surface area (TPSA) is 38.0 Å². The number of rotatable bonds is 2. The van der Waals surface area contributed by atoms with Crippen LogP contribution in [0.2, 0.25) is 0 Å². The van der Waals surface area contributed by atoms with Gasteiger partial charge in [0.05, 0.1) is 0 Å². The molecular weight excluding hydrogens is 214 g/mol. The largest absolute Gasteiger partial charge is 0.508 e. The first kappa shape index (κ1) is 10.6. The molecule has 1 aromatic carbocycles. The van der Waals surface area contributed by atoms with E-state index in [4.69, 9.17) is 0 Å². The molecule has 84 valence electrons. The van der Waals surface area contributed by atoms with E-state index in [1.807, 2.05) is 0 Å². The minimum absolute atomic E-state index is 0.189. The quantitative estimate of drug-likeness (QED) is 0.849. The van der Waals surface area contributed by atoms with Gasteiger partial charge in [0.25, 0.3) is 0 Å². The zero-order chi connectivity index (χ0) is 11.8. The lowest BCUT2D eigenvalue weighted by Gasteiger charge is -2.16. The fraction of sp³-hybridized carbons (Fsp3) is 0.182. The van der Waals surface area contributed by atoms with Gasteiger partial charge in [-0.1, -0.05) is 12.1 Å². The van der Waals surface area contributed by atoms with Crippen molar-refractivity contribution in [1.82, 2.24) is 9.55 Å². The van der Waals surface area contributed by atoms with Crippen LogP contribution < -0.4 is 0 Å². The van der Waals surface area contributed by atoms with E-state index in [1.54, 1.807) is 0 Å². The standard InChI is InChI=1S/C11H10F2N2O/c1-15-6-5-14-10(15)11(12,13)8-3-2-4-9(16)7-8/h2-7,16H,1H3. The first-order valence-electron chi connectivity index (χ1n) is 4.67. The van der Waals surface area contributed by atoms with Crippen LogP contribution >= 0.6 is 0 Å². The zero-order valence-corrected chi connectivity index (χ0v) is 8.56. The molecule has 16 heavy (non-hydrogen) atoms. The first-order chi connectivity index (χ1) is 7.51. The second-order valence-electron chi connectivity index (χ2n) is 3.49. The molecule has 1 aromatic heterocycles. The van der Waals surface area contributed by atoms with E-state index in [0.29, 0.717) is 0 Å². The zero-order valence-electron chi connectivity index (χ0n) is 8.56. The number of aromatic hydroxyl groups is 1. The van der Waals surface area contributed by atoms with Crippen molar-refractivity contribution in [3.8, 4) is 5.75 Å². The number of halogens is 2. The van der Waals surface area contributed by atoms with E-state index in [9.17, 15) is 13.9 Å². The van der Waals surface area contributed by atoms with Gasteiger partial charge in [-0.25, -0.2) is 4.98 Å². The number of aryl methyl sites for hydroxylation is 1. The summed E-state index contributed by atoms with van der Waals surface area (Å²) < 4.78 is 29.2. The minimum Gasteiger partial charge on any atom is -0.508 e. The summed E-state index contributed by atoms with van der Waals surface area (Å²) in [7, 11) is 1.50. The molecule has 0 atom stereocenters. The Labute approximate surface area is 91.0 Å². The normalized spacial score (nSPS) is 11.7. The van der Waals surface area contributed by atoms with Crippen LogP contribution in [0.4, 0.5) is 8.78 Å². The Morgan fingerprint density at radius 2 is 2.12 bits per heavy atom. The van der Waals surface area contributed by atoms with Crippen molar-refractivity contribution in [3.63, 3.8) is 0 Å². The van der Waals surface area contributed by atoms with Crippen molar-refractivity contribution in [2.75, 3.05) is 0 Å². The highest BCUT2D eigenvalue weighted by Gasteiger charge is 2.38. The third kappa shape index (κ3) is 1.64. The maximum Gasteiger partial charge on any atom is 0.330 e. The molecule has 0 spiro atoms. The summed E-state index contributed by atoms with van der Waals surface area (Å²) in [6.45, 7) is 0. The number of aromatic nitrogens is 2. The molecule has 1 heterocycles. The predicted molar refractivity (Wildman–Crippen MR) is 54.3 cm³/mol. The monoisotopic (exact) mass is 224 g/mol. The summed E-state index contributed by atoms with van der Waals surface area (Å²) >= 11 is 0. The molecule has 2 aromatic rings. The van der Waals surface area contributed by atoms with Gasteiger partial charge < -0.3 is 9.67 Å². The SMILES string of the molecule is Cn1ccnc1C(F)(F)c1cccc(O)c1. The predicted octanol–water partition coefficient (Wildman–Crippen LogP) is 2.27. The number of nitrogens with zero attached hydrogens (tertiary/aromatic N) is 2. The molecule has 0 saturated heterocycles. The molecule has 0 aliphatic rings. The van der Waals surface area contributed by atoms with Gasteiger partial charge in [0.2, 0.25) is 0 Å². The fourth-order valence-corrected chi connectivity index (χ4v) is 1.50. The lowest BCUT2D eigenvalue weighted by Crippen LogP contribution is -2.20. The number of imidazole rings is 1. The molecular formula is C11H10F2N2O. The van der Waals surface area contributed by atoms with Gasteiger partial charge in [-0.15, -0.1) is 0 Å². The van der Waals surface area contributed by atoms with Crippen LogP contribution in [0, 0.1) is 0 Å². The van der Waals surface area contributed by atoms with Crippen molar-refractivity contribution < 1.29 is 13.9 Å². The smallest absolute Gasteiger partial charge is 0.330 e. The van der Waals surface area contributed by atoms with Gasteiger partial charge in [0.1, 0.15) is 5.75 Å². The molecule has 0 bridgehead atoms. The molecule has 0 radical (unpaired) electrons. The highest BCUT2D eigenvalue weighted by Crippen LogP contribution is 2.35. The van der Waals surface area contributed by atoms with Crippen LogP contribution in [-0.2, 0) is 13.0 Å². The van der Waals surface area contributed by atoms with E-state index in [-0.39, 0.29) is 17.1 Å². The van der Waals surface area contributed by atoms with E-state index in [2.05, 4.69) is 4.98 Å². The molecule has 0 amide bonds. The molecule has 2 rings (SSSR count). The van der Waals surface area contributed by atoms with Crippen LogP contribution in [-0.4, -0.2) is 14.7 Å². The molecule has 0 aliphatic carbocycles. The Kier molecular flexibility index (Phi) is 2.38. The summed E-state index contributed by atoms with van der Waals surface area (Å²) in [5, 5.41) is 9.18. The molecule has 5 heteroatoms. The lowest BCUT2D eigenvalue weighted by molar-refractivity contribution is 0.0298. The summed E-state index contributed by atoms with van der Waals surface area (Å²) in [6, 6.07) is 5.02. The van der Waals surface area contributed by atoms with Crippen LogP contribution in [0.3, 0.4) is 0 Å². The molecule has 0 fully saturated rings. The third-order valence-corrected chi connectivity index (χ3v) is 2.31. The third-order valence-electron chi connectivity index (χ3n) is 2.31. The summed E-state index contributed by atoms with van der Waals surface area (Å²) in [5.74, 6) is -3.75. The Morgan fingerprint density at radius 1 is 1.38 bits per heavy atom. The van der Waals surface area contributed by atoms with Gasteiger partial charge in [0.15, 0.2) is 5.82 Å². The molecule has 1 N–H and O–H groups in total. The summed E-state index contributed by atoms with van der Waals surface area (Å²) in [6.07, 6.45) is 2.76. The number of benzene rings is 1. The lowest BCUT2D eigenvalue weighted by atomic mass is 10.1. The maximum atomic E-state index is 14.0. The summed E-state index contributed by atoms with van der Waals surface area (Å²) in [5.41, 5.74) is -0.276. The molecule has 0 unspecified atom stereocenters. The maximum absolute atomic E-state index is 14.0. The number of hydrogen-bond acceptors (Lipinski definition) is 2. The van der Waals surface area contributed by atoms with Crippen LogP contribution in [0.15, 0.2) is 36.7 Å². The second kappa shape index (κ2) is 3.59. The van der Waals surface area contributed by atoms with E-state index in [1.165, 1.54) is 42.2 Å². The van der Waals surface area contributed by atoms with Gasteiger partial charge in [0, 0.05) is 25.0 Å². The Balaban J connectivity index is 2.51. The van der Waals surface area contributed by atoms with Gasteiger partial charge in [-0.3, -0.25) is 0 Å². The second-order valence-corrected chi connectivity index (χ2v) is 3.49. The van der Waals surface area contributed by atoms with Crippen LogP contribution in [0.25, 0.3) is 0 Å². The number of alkyl halides is 2. The Bertz CT molecular complexity index is 508. The molecule has 0 saturated carbocycles. The average molecular weight is 224 g/mol. The number of phenols is 1. The molecule has 0 aliphatic heterocycles. The summed E-state index contributed by atoms with van der Waals surface area (Å²) in [4.78, 5) is 3.62. The van der Waals surface area contributed by atoms with Crippen molar-refractivity contribution in [2.45, 2.75) is 5.92 Å². The van der Waals surface area contributed by atoms with Crippen molar-refractivity contribution in [1.29, 1.82) is 0 Å². The average Bonchev–Trinajstić information content (AvgIpc) is 2.65. The minimum atomic E-state index is -3.21. The Morgan fingerprint density at radius 3 is 2.69 bits per heavy atom. The van der Waals surface area contributed by atoms with Crippen molar-refractivity contribution in [2.24, 2.45) is 7.05 Å².